The standard InChI is InChI=1S/C12H12BrN3O2/c1-8-5-6-9(10(13)7-8)3-2-4-11(12(17)18)15-16-14/h4-7H,2-3H2,1H3,(H,17,18). The topological polar surface area (TPSA) is 86.1 Å². The lowest BCUT2D eigenvalue weighted by Gasteiger charge is -2.03. The molecule has 0 amide bonds. The van der Waals surface area contributed by atoms with Crippen LogP contribution in [0.15, 0.2) is 39.6 Å². The summed E-state index contributed by atoms with van der Waals surface area (Å²) in [6, 6.07) is 5.99. The number of carboxylic acids is 1. The number of allylic oxidation sites excluding steroid dienone is 1. The number of rotatable bonds is 5. The Morgan fingerprint density at radius 3 is 2.89 bits per heavy atom. The van der Waals surface area contributed by atoms with Gasteiger partial charge in [0.25, 0.3) is 0 Å². The van der Waals surface area contributed by atoms with Gasteiger partial charge in [-0.15, -0.1) is 0 Å². The Balaban J connectivity index is 2.73. The fourth-order valence-corrected chi connectivity index (χ4v) is 2.13. The van der Waals surface area contributed by atoms with E-state index in [2.05, 4.69) is 26.0 Å². The highest BCUT2D eigenvalue weighted by Crippen LogP contribution is 2.20. The molecule has 0 bridgehead atoms. The van der Waals surface area contributed by atoms with E-state index in [9.17, 15) is 4.79 Å². The van der Waals surface area contributed by atoms with Crippen LogP contribution in [0.5, 0.6) is 0 Å². The molecule has 1 aromatic rings. The quantitative estimate of drug-likeness (QED) is 0.386. The Bertz CT molecular complexity index is 530. The molecule has 0 fully saturated rings. The Morgan fingerprint density at radius 1 is 1.61 bits per heavy atom. The SMILES string of the molecule is Cc1ccc(CCC=C(N=[N+]=[N-])C(=O)O)c(Br)c1. The van der Waals surface area contributed by atoms with Crippen LogP contribution in [-0.2, 0) is 11.2 Å². The first-order valence-corrected chi connectivity index (χ1v) is 6.07. The number of aryl methyl sites for hydroxylation is 2. The van der Waals surface area contributed by atoms with Crippen LogP contribution in [0.3, 0.4) is 0 Å². The summed E-state index contributed by atoms with van der Waals surface area (Å²) in [4.78, 5) is 13.2. The van der Waals surface area contributed by atoms with E-state index in [-0.39, 0.29) is 5.70 Å². The smallest absolute Gasteiger partial charge is 0.337 e. The van der Waals surface area contributed by atoms with Crippen LogP contribution in [0, 0.1) is 6.92 Å². The third-order valence-corrected chi connectivity index (χ3v) is 3.07. The first-order chi connectivity index (χ1) is 8.54. The number of halogens is 1. The first kappa shape index (κ1) is 14.3. The Kier molecular flexibility index (Phi) is 5.42. The van der Waals surface area contributed by atoms with Crippen LogP contribution < -0.4 is 0 Å². The van der Waals surface area contributed by atoms with E-state index in [1.807, 2.05) is 25.1 Å². The molecule has 0 aliphatic heterocycles. The number of hydrogen-bond acceptors (Lipinski definition) is 2. The van der Waals surface area contributed by atoms with Crippen molar-refractivity contribution in [1.82, 2.24) is 0 Å². The summed E-state index contributed by atoms with van der Waals surface area (Å²) in [6.07, 6.45) is 2.61. The molecular formula is C12H12BrN3O2. The summed E-state index contributed by atoms with van der Waals surface area (Å²) >= 11 is 3.46. The molecular weight excluding hydrogens is 298 g/mol. The zero-order valence-corrected chi connectivity index (χ0v) is 11.4. The van der Waals surface area contributed by atoms with Gasteiger partial charge in [-0.05, 0) is 42.5 Å². The third kappa shape index (κ3) is 4.24. The van der Waals surface area contributed by atoms with E-state index in [4.69, 9.17) is 10.6 Å². The first-order valence-electron chi connectivity index (χ1n) is 5.28. The number of carboxylic acid groups (broad SMARTS) is 1. The second-order valence-corrected chi connectivity index (χ2v) is 4.57. The van der Waals surface area contributed by atoms with Crippen molar-refractivity contribution in [3.8, 4) is 0 Å². The monoisotopic (exact) mass is 309 g/mol. The Hall–Kier alpha value is -1.78. The van der Waals surface area contributed by atoms with Crippen LogP contribution in [0.4, 0.5) is 0 Å². The number of hydrogen-bond donors (Lipinski definition) is 1. The van der Waals surface area contributed by atoms with Gasteiger partial charge in [-0.1, -0.05) is 39.3 Å². The van der Waals surface area contributed by atoms with E-state index in [1.54, 1.807) is 0 Å². The summed E-state index contributed by atoms with van der Waals surface area (Å²) in [6.45, 7) is 2.00. The Labute approximate surface area is 113 Å². The van der Waals surface area contributed by atoms with E-state index >= 15 is 0 Å². The molecule has 18 heavy (non-hydrogen) atoms. The molecule has 0 heterocycles. The van der Waals surface area contributed by atoms with Crippen molar-refractivity contribution in [3.05, 3.63) is 56.0 Å². The van der Waals surface area contributed by atoms with Crippen LogP contribution in [0.1, 0.15) is 17.5 Å². The number of nitrogens with zero attached hydrogens (tertiary/aromatic N) is 3. The van der Waals surface area contributed by atoms with Crippen LogP contribution >= 0.6 is 15.9 Å². The summed E-state index contributed by atoms with van der Waals surface area (Å²) in [7, 11) is 0. The van der Waals surface area contributed by atoms with Crippen molar-refractivity contribution in [3.63, 3.8) is 0 Å². The molecule has 0 spiro atoms. The minimum atomic E-state index is -1.21. The second-order valence-electron chi connectivity index (χ2n) is 3.72. The van der Waals surface area contributed by atoms with Crippen LogP contribution in [-0.4, -0.2) is 11.1 Å². The maximum absolute atomic E-state index is 10.7. The van der Waals surface area contributed by atoms with Crippen LogP contribution in [0.2, 0.25) is 0 Å². The second kappa shape index (κ2) is 6.83. The third-order valence-electron chi connectivity index (χ3n) is 2.33. The Morgan fingerprint density at radius 2 is 2.33 bits per heavy atom. The van der Waals surface area contributed by atoms with E-state index in [0.29, 0.717) is 12.8 Å². The van der Waals surface area contributed by atoms with E-state index < -0.39 is 5.97 Å². The zero-order chi connectivity index (χ0) is 13.5. The lowest BCUT2D eigenvalue weighted by Crippen LogP contribution is -1.97. The molecule has 6 heteroatoms. The molecule has 1 aromatic carbocycles. The normalized spacial score (nSPS) is 10.9. The van der Waals surface area contributed by atoms with Crippen molar-refractivity contribution in [1.29, 1.82) is 0 Å². The van der Waals surface area contributed by atoms with Gasteiger partial charge in [-0.3, -0.25) is 0 Å². The highest BCUT2D eigenvalue weighted by Gasteiger charge is 2.04. The summed E-state index contributed by atoms with van der Waals surface area (Å²) in [5, 5.41) is 11.9. The van der Waals surface area contributed by atoms with Crippen molar-refractivity contribution in [2.45, 2.75) is 19.8 Å². The highest BCUT2D eigenvalue weighted by molar-refractivity contribution is 9.10. The maximum Gasteiger partial charge on any atom is 0.337 e. The molecule has 0 saturated heterocycles. The van der Waals surface area contributed by atoms with E-state index in [0.717, 1.165) is 15.6 Å². The average Bonchev–Trinajstić information content (AvgIpc) is 2.30. The number of benzene rings is 1. The molecule has 5 nitrogen and oxygen atoms in total. The van der Waals surface area contributed by atoms with Gasteiger partial charge in [0.1, 0.15) is 5.70 Å². The van der Waals surface area contributed by atoms with Gasteiger partial charge in [0.05, 0.1) is 0 Å². The molecule has 94 valence electrons. The largest absolute Gasteiger partial charge is 0.478 e. The molecule has 0 aliphatic carbocycles. The van der Waals surface area contributed by atoms with Crippen molar-refractivity contribution in [2.75, 3.05) is 0 Å². The minimum absolute atomic E-state index is 0.263. The predicted octanol–water partition coefficient (Wildman–Crippen LogP) is 3.97. The predicted molar refractivity (Wildman–Crippen MR) is 72.1 cm³/mol. The zero-order valence-electron chi connectivity index (χ0n) is 9.80. The van der Waals surface area contributed by atoms with Crippen molar-refractivity contribution < 1.29 is 9.90 Å². The molecule has 0 saturated carbocycles. The van der Waals surface area contributed by atoms with Gasteiger partial charge in [0.15, 0.2) is 0 Å². The summed E-state index contributed by atoms with van der Waals surface area (Å²) in [5.41, 5.74) is 10.2. The minimum Gasteiger partial charge on any atom is -0.478 e. The maximum atomic E-state index is 10.7. The van der Waals surface area contributed by atoms with Gasteiger partial charge >= 0.3 is 5.97 Å². The highest BCUT2D eigenvalue weighted by atomic mass is 79.9. The average molecular weight is 310 g/mol. The van der Waals surface area contributed by atoms with Gasteiger partial charge in [0.2, 0.25) is 0 Å². The number of azide groups is 1. The lowest BCUT2D eigenvalue weighted by atomic mass is 10.1. The summed E-state index contributed by atoms with van der Waals surface area (Å²) in [5.74, 6) is -1.21. The molecule has 0 aromatic heterocycles. The lowest BCUT2D eigenvalue weighted by molar-refractivity contribution is -0.132. The molecule has 0 atom stereocenters. The van der Waals surface area contributed by atoms with Gasteiger partial charge in [-0.25, -0.2) is 4.79 Å². The molecule has 1 N–H and O–H groups in total. The van der Waals surface area contributed by atoms with Crippen molar-refractivity contribution >= 4 is 21.9 Å². The van der Waals surface area contributed by atoms with Gasteiger partial charge < -0.3 is 5.11 Å². The number of carbonyl (C=O) groups is 1. The van der Waals surface area contributed by atoms with E-state index in [1.165, 1.54) is 6.08 Å². The molecule has 1 rings (SSSR count). The van der Waals surface area contributed by atoms with Crippen molar-refractivity contribution in [2.24, 2.45) is 5.11 Å². The number of aliphatic carboxylic acids is 1. The van der Waals surface area contributed by atoms with Gasteiger partial charge in [-0.2, -0.15) is 0 Å². The molecule has 0 unspecified atom stereocenters. The summed E-state index contributed by atoms with van der Waals surface area (Å²) < 4.78 is 0.997. The fraction of sp³-hybridized carbons (Fsp3) is 0.250. The van der Waals surface area contributed by atoms with Gasteiger partial charge in [0, 0.05) is 9.38 Å². The fourth-order valence-electron chi connectivity index (χ4n) is 1.44. The molecule has 0 radical (unpaired) electrons. The van der Waals surface area contributed by atoms with Crippen LogP contribution in [0.25, 0.3) is 10.4 Å². The molecule has 0 aliphatic rings.